The highest BCUT2D eigenvalue weighted by atomic mass is 32.2. The molecule has 12 heteroatoms. The Kier molecular flexibility index (Phi) is 3.93. The summed E-state index contributed by atoms with van der Waals surface area (Å²) in [4.78, 5) is 11.9. The van der Waals surface area contributed by atoms with Gasteiger partial charge in [0.05, 0.1) is 18.2 Å². The third-order valence-electron chi connectivity index (χ3n) is 3.66. The first kappa shape index (κ1) is 16.0. The lowest BCUT2D eigenvalue weighted by molar-refractivity contribution is -0.0354. The second-order valence-electron chi connectivity index (χ2n) is 5.20. The fourth-order valence-electron chi connectivity index (χ4n) is 2.52. The van der Waals surface area contributed by atoms with Crippen molar-refractivity contribution in [2.45, 2.75) is 31.0 Å². The summed E-state index contributed by atoms with van der Waals surface area (Å²) in [6.07, 6.45) is -2.24. The topological polar surface area (TPSA) is 174 Å². The number of nitrogens with two attached hydrogens (primary N) is 1. The summed E-state index contributed by atoms with van der Waals surface area (Å²) in [7, 11) is -4.19. The molecule has 0 aromatic carbocycles. The summed E-state index contributed by atoms with van der Waals surface area (Å²) in [5.41, 5.74) is 6.31. The lowest BCUT2D eigenvalue weighted by atomic mass is 10.1. The van der Waals surface area contributed by atoms with E-state index in [1.54, 1.807) is 0 Å². The van der Waals surface area contributed by atoms with Crippen molar-refractivity contribution in [2.24, 2.45) is 0 Å². The third-order valence-corrected chi connectivity index (χ3v) is 4.41. The highest BCUT2D eigenvalue weighted by molar-refractivity contribution is 7.85. The number of aliphatic hydroxyl groups is 2. The normalized spacial score (nSPS) is 28.5. The molecular formula is C11H15N5O6S. The summed E-state index contributed by atoms with van der Waals surface area (Å²) in [5.74, 6) is -0.432. The van der Waals surface area contributed by atoms with Crippen LogP contribution in [0.4, 0.5) is 5.82 Å². The van der Waals surface area contributed by atoms with Gasteiger partial charge in [-0.05, 0) is 6.42 Å². The van der Waals surface area contributed by atoms with E-state index in [9.17, 15) is 18.6 Å². The SMILES string of the molecule is Nc1ncnc2c1ncn2[C@@H]1O[C@H](CCS(=O)(=O)O)[C@@H](O)[C@H]1O. The number of hydrogen-bond acceptors (Lipinski definition) is 9. The van der Waals surface area contributed by atoms with E-state index in [0.29, 0.717) is 11.2 Å². The van der Waals surface area contributed by atoms with Gasteiger partial charge in [-0.2, -0.15) is 8.42 Å². The van der Waals surface area contributed by atoms with Crippen molar-refractivity contribution in [2.75, 3.05) is 11.5 Å². The van der Waals surface area contributed by atoms with Crippen molar-refractivity contribution in [1.82, 2.24) is 19.5 Å². The number of rotatable bonds is 4. The Labute approximate surface area is 130 Å². The van der Waals surface area contributed by atoms with E-state index < -0.39 is 40.4 Å². The molecule has 0 saturated carbocycles. The van der Waals surface area contributed by atoms with E-state index in [4.69, 9.17) is 15.0 Å². The van der Waals surface area contributed by atoms with Gasteiger partial charge in [0.15, 0.2) is 17.7 Å². The van der Waals surface area contributed by atoms with Crippen LogP contribution in [0.3, 0.4) is 0 Å². The molecule has 2 aromatic heterocycles. The zero-order chi connectivity index (χ0) is 16.8. The van der Waals surface area contributed by atoms with Crippen molar-refractivity contribution in [1.29, 1.82) is 0 Å². The number of nitrogens with zero attached hydrogens (tertiary/aromatic N) is 4. The zero-order valence-corrected chi connectivity index (χ0v) is 12.5. The van der Waals surface area contributed by atoms with Crippen LogP contribution < -0.4 is 5.73 Å². The summed E-state index contributed by atoms with van der Waals surface area (Å²) >= 11 is 0. The molecule has 0 radical (unpaired) electrons. The molecule has 1 saturated heterocycles. The maximum atomic E-state index is 10.8. The molecule has 4 atom stereocenters. The molecule has 3 rings (SSSR count). The molecule has 3 heterocycles. The standard InChI is InChI=1S/C11H15N5O6S/c12-9-6-10(14-3-13-9)16(4-15-6)11-8(18)7(17)5(22-11)1-2-23(19,20)21/h3-5,7-8,11,17-18H,1-2H2,(H2,12,13,14)(H,19,20,21)/t5-,7-,8-,11-/m1/s1. The van der Waals surface area contributed by atoms with Crippen molar-refractivity contribution in [3.63, 3.8) is 0 Å². The van der Waals surface area contributed by atoms with Gasteiger partial charge in [0, 0.05) is 0 Å². The van der Waals surface area contributed by atoms with Crippen LogP contribution in [0.2, 0.25) is 0 Å². The molecule has 1 aliphatic heterocycles. The molecule has 0 unspecified atom stereocenters. The molecular weight excluding hydrogens is 330 g/mol. The van der Waals surface area contributed by atoms with Gasteiger partial charge in [-0.15, -0.1) is 0 Å². The summed E-state index contributed by atoms with van der Waals surface area (Å²) in [6.45, 7) is 0. The van der Waals surface area contributed by atoms with Crippen molar-refractivity contribution >= 4 is 27.1 Å². The van der Waals surface area contributed by atoms with Gasteiger partial charge in [0.1, 0.15) is 24.1 Å². The van der Waals surface area contributed by atoms with Gasteiger partial charge in [-0.25, -0.2) is 15.0 Å². The molecule has 11 nitrogen and oxygen atoms in total. The number of aliphatic hydroxyl groups excluding tert-OH is 2. The van der Waals surface area contributed by atoms with Gasteiger partial charge in [-0.3, -0.25) is 9.12 Å². The largest absolute Gasteiger partial charge is 0.388 e. The fraction of sp³-hybridized carbons (Fsp3) is 0.545. The van der Waals surface area contributed by atoms with Crippen LogP contribution in [0.5, 0.6) is 0 Å². The molecule has 5 N–H and O–H groups in total. The van der Waals surface area contributed by atoms with Crippen LogP contribution in [0.15, 0.2) is 12.7 Å². The predicted molar refractivity (Wildman–Crippen MR) is 76.7 cm³/mol. The van der Waals surface area contributed by atoms with Crippen LogP contribution in [-0.2, 0) is 14.9 Å². The molecule has 0 amide bonds. The Morgan fingerprint density at radius 3 is 2.70 bits per heavy atom. The average Bonchev–Trinajstić information content (AvgIpc) is 3.01. The number of fused-ring (bicyclic) bond motifs is 1. The maximum Gasteiger partial charge on any atom is 0.264 e. The third kappa shape index (κ3) is 2.98. The highest BCUT2D eigenvalue weighted by Gasteiger charge is 2.44. The number of anilines is 1. The van der Waals surface area contributed by atoms with Gasteiger partial charge in [-0.1, -0.05) is 0 Å². The number of ether oxygens (including phenoxy) is 1. The molecule has 0 spiro atoms. The predicted octanol–water partition coefficient (Wildman–Crippen LogP) is -1.69. The Morgan fingerprint density at radius 2 is 2.00 bits per heavy atom. The van der Waals surface area contributed by atoms with E-state index in [1.165, 1.54) is 17.2 Å². The number of hydrogen-bond donors (Lipinski definition) is 4. The molecule has 1 fully saturated rings. The average molecular weight is 345 g/mol. The van der Waals surface area contributed by atoms with E-state index in [-0.39, 0.29) is 12.2 Å². The number of imidazole rings is 1. The second-order valence-corrected chi connectivity index (χ2v) is 6.78. The summed E-state index contributed by atoms with van der Waals surface area (Å²) in [5, 5.41) is 20.2. The smallest absolute Gasteiger partial charge is 0.264 e. The first-order chi connectivity index (χ1) is 10.8. The van der Waals surface area contributed by atoms with Gasteiger partial charge >= 0.3 is 0 Å². The van der Waals surface area contributed by atoms with E-state index in [0.717, 1.165) is 0 Å². The lowest BCUT2D eigenvalue weighted by Gasteiger charge is -2.16. The lowest BCUT2D eigenvalue weighted by Crippen LogP contribution is -2.32. The van der Waals surface area contributed by atoms with E-state index in [1.807, 2.05) is 0 Å². The fourth-order valence-corrected chi connectivity index (χ4v) is 3.05. The Hall–Kier alpha value is -1.86. The molecule has 2 aromatic rings. The van der Waals surface area contributed by atoms with Crippen LogP contribution in [0, 0.1) is 0 Å². The minimum atomic E-state index is -4.19. The molecule has 0 aliphatic carbocycles. The molecule has 1 aliphatic rings. The Bertz CT molecular complexity index is 823. The van der Waals surface area contributed by atoms with Crippen LogP contribution in [0.1, 0.15) is 12.6 Å². The van der Waals surface area contributed by atoms with Crippen LogP contribution >= 0.6 is 0 Å². The van der Waals surface area contributed by atoms with Gasteiger partial charge in [0.2, 0.25) is 0 Å². The quantitative estimate of drug-likeness (QED) is 0.468. The minimum absolute atomic E-state index is 0.157. The first-order valence-electron chi connectivity index (χ1n) is 6.67. The molecule has 23 heavy (non-hydrogen) atoms. The Morgan fingerprint density at radius 1 is 1.26 bits per heavy atom. The van der Waals surface area contributed by atoms with Crippen LogP contribution in [-0.4, -0.2) is 66.8 Å². The minimum Gasteiger partial charge on any atom is -0.388 e. The summed E-state index contributed by atoms with van der Waals surface area (Å²) < 4.78 is 37.3. The maximum absolute atomic E-state index is 10.8. The van der Waals surface area contributed by atoms with Crippen LogP contribution in [0.25, 0.3) is 11.2 Å². The summed E-state index contributed by atoms with van der Waals surface area (Å²) in [6, 6.07) is 0. The second kappa shape index (κ2) is 5.65. The number of nitrogen functional groups attached to an aromatic ring is 1. The van der Waals surface area contributed by atoms with Gasteiger partial charge in [0.25, 0.3) is 10.1 Å². The monoisotopic (exact) mass is 345 g/mol. The first-order valence-corrected chi connectivity index (χ1v) is 8.28. The van der Waals surface area contributed by atoms with Crippen molar-refractivity contribution < 1.29 is 27.9 Å². The molecule has 126 valence electrons. The highest BCUT2D eigenvalue weighted by Crippen LogP contribution is 2.33. The van der Waals surface area contributed by atoms with Crippen molar-refractivity contribution in [3.05, 3.63) is 12.7 Å². The van der Waals surface area contributed by atoms with Crippen molar-refractivity contribution in [3.8, 4) is 0 Å². The zero-order valence-electron chi connectivity index (χ0n) is 11.7. The van der Waals surface area contributed by atoms with Gasteiger partial charge < -0.3 is 20.7 Å². The number of aromatic nitrogens is 4. The Balaban J connectivity index is 1.86. The molecule has 0 bridgehead atoms. The van der Waals surface area contributed by atoms with E-state index >= 15 is 0 Å². The van der Waals surface area contributed by atoms with E-state index in [2.05, 4.69) is 15.0 Å².